The molecule has 0 spiro atoms. The summed E-state index contributed by atoms with van der Waals surface area (Å²) in [5.41, 5.74) is 18.3. The van der Waals surface area contributed by atoms with Gasteiger partial charge < -0.3 is 4.90 Å². The van der Waals surface area contributed by atoms with E-state index in [1.807, 2.05) is 0 Å². The van der Waals surface area contributed by atoms with Crippen LogP contribution in [0.25, 0.3) is 44.2 Å². The van der Waals surface area contributed by atoms with Crippen molar-refractivity contribution in [1.82, 2.24) is 0 Å². The van der Waals surface area contributed by atoms with Crippen LogP contribution in [0.4, 0.5) is 17.1 Å². The van der Waals surface area contributed by atoms with E-state index in [2.05, 4.69) is 231 Å². The van der Waals surface area contributed by atoms with Crippen molar-refractivity contribution >= 4 is 27.8 Å². The predicted octanol–water partition coefficient (Wildman–Crippen LogP) is 14.6. The van der Waals surface area contributed by atoms with Gasteiger partial charge in [0, 0.05) is 22.4 Å². The van der Waals surface area contributed by atoms with Crippen LogP contribution in [0.1, 0.15) is 47.2 Å². The number of nitrogens with zero attached hydrogens (tertiary/aromatic N) is 1. The zero-order valence-corrected chi connectivity index (χ0v) is 32.2. The van der Waals surface area contributed by atoms with Gasteiger partial charge in [-0.25, -0.2) is 0 Å². The molecule has 0 aliphatic heterocycles. The first kappa shape index (κ1) is 33.4. The van der Waals surface area contributed by atoms with Gasteiger partial charge in [-0.1, -0.05) is 196 Å². The van der Waals surface area contributed by atoms with Gasteiger partial charge in [-0.2, -0.15) is 0 Å². The molecule has 0 bridgehead atoms. The molecule has 0 N–H and O–H groups in total. The number of anilines is 3. The lowest BCUT2D eigenvalue weighted by molar-refractivity contribution is 0.660. The van der Waals surface area contributed by atoms with Crippen molar-refractivity contribution in [2.24, 2.45) is 0 Å². The summed E-state index contributed by atoms with van der Waals surface area (Å²) in [5, 5.41) is 2.46. The van der Waals surface area contributed by atoms with Crippen molar-refractivity contribution in [3.05, 3.63) is 246 Å². The molecule has 57 heavy (non-hydrogen) atoms. The van der Waals surface area contributed by atoms with E-state index in [4.69, 9.17) is 0 Å². The van der Waals surface area contributed by atoms with Crippen molar-refractivity contribution in [1.29, 1.82) is 0 Å². The highest BCUT2D eigenvalue weighted by Crippen LogP contribution is 2.58. The van der Waals surface area contributed by atoms with E-state index in [1.165, 1.54) is 77.5 Å². The molecule has 9 aromatic carbocycles. The number of hydrogen-bond acceptors (Lipinski definition) is 1. The summed E-state index contributed by atoms with van der Waals surface area (Å²) in [7, 11) is 0. The zero-order chi connectivity index (χ0) is 38.1. The smallest absolute Gasteiger partial charge is 0.0713 e. The van der Waals surface area contributed by atoms with E-state index in [9.17, 15) is 0 Å². The zero-order valence-electron chi connectivity index (χ0n) is 32.2. The van der Waals surface area contributed by atoms with Gasteiger partial charge in [0.25, 0.3) is 0 Å². The van der Waals surface area contributed by atoms with Crippen molar-refractivity contribution in [3.8, 4) is 33.4 Å². The average molecular weight is 728 g/mol. The summed E-state index contributed by atoms with van der Waals surface area (Å²) in [6, 6.07) is 78.8. The van der Waals surface area contributed by atoms with Crippen LogP contribution < -0.4 is 4.90 Å². The van der Waals surface area contributed by atoms with Gasteiger partial charge in [0.2, 0.25) is 0 Å². The third-order valence-corrected chi connectivity index (χ3v) is 12.7. The highest BCUT2D eigenvalue weighted by atomic mass is 15.1. The SMILES string of the molecule is CC1(C)c2ccccc2-c2ccc(N(c3ccc4c(c3)-c3ccccc3C4(c3ccccc3)c3ccccc3)c3ccc4ccccc4c3-c3ccccc3)cc21. The lowest BCUT2D eigenvalue weighted by Gasteiger charge is -2.34. The molecule has 270 valence electrons. The van der Waals surface area contributed by atoms with E-state index in [1.54, 1.807) is 0 Å². The van der Waals surface area contributed by atoms with Gasteiger partial charge in [0.15, 0.2) is 0 Å². The van der Waals surface area contributed by atoms with E-state index in [0.717, 1.165) is 17.1 Å². The number of fused-ring (bicyclic) bond motifs is 7. The maximum atomic E-state index is 2.52. The maximum absolute atomic E-state index is 2.52. The Hall–Kier alpha value is -6.96. The lowest BCUT2D eigenvalue weighted by atomic mass is 9.68. The number of rotatable bonds is 6. The Morgan fingerprint density at radius 3 is 1.61 bits per heavy atom. The van der Waals surface area contributed by atoms with Crippen LogP contribution in [0.3, 0.4) is 0 Å². The summed E-state index contributed by atoms with van der Waals surface area (Å²) in [6.45, 7) is 4.74. The van der Waals surface area contributed by atoms with Gasteiger partial charge in [-0.15, -0.1) is 0 Å². The first-order valence-electron chi connectivity index (χ1n) is 20.0. The Labute approximate surface area is 335 Å². The van der Waals surface area contributed by atoms with E-state index >= 15 is 0 Å². The molecule has 0 amide bonds. The molecule has 11 rings (SSSR count). The largest absolute Gasteiger partial charge is 0.310 e. The fraction of sp³-hybridized carbons (Fsp3) is 0.0714. The molecule has 0 heterocycles. The van der Waals surface area contributed by atoms with Gasteiger partial charge in [-0.3, -0.25) is 0 Å². The van der Waals surface area contributed by atoms with Crippen molar-refractivity contribution in [2.75, 3.05) is 4.90 Å². The molecule has 0 atom stereocenters. The molecule has 0 fully saturated rings. The summed E-state index contributed by atoms with van der Waals surface area (Å²) in [6.07, 6.45) is 0. The van der Waals surface area contributed by atoms with Gasteiger partial charge >= 0.3 is 0 Å². The van der Waals surface area contributed by atoms with E-state index in [0.29, 0.717) is 0 Å². The molecule has 0 saturated carbocycles. The Bertz CT molecular complexity index is 2940. The van der Waals surface area contributed by atoms with Crippen LogP contribution in [0, 0.1) is 0 Å². The molecule has 0 unspecified atom stereocenters. The van der Waals surface area contributed by atoms with Crippen LogP contribution in [-0.2, 0) is 10.8 Å². The minimum Gasteiger partial charge on any atom is -0.310 e. The lowest BCUT2D eigenvalue weighted by Crippen LogP contribution is -2.28. The summed E-state index contributed by atoms with van der Waals surface area (Å²) < 4.78 is 0. The van der Waals surface area contributed by atoms with Crippen molar-refractivity contribution in [3.63, 3.8) is 0 Å². The third-order valence-electron chi connectivity index (χ3n) is 12.7. The second-order valence-electron chi connectivity index (χ2n) is 16.0. The molecular weight excluding hydrogens is 687 g/mol. The molecule has 2 aliphatic rings. The van der Waals surface area contributed by atoms with Crippen LogP contribution in [0.2, 0.25) is 0 Å². The summed E-state index contributed by atoms with van der Waals surface area (Å²) >= 11 is 0. The molecule has 0 radical (unpaired) electrons. The third kappa shape index (κ3) is 4.89. The van der Waals surface area contributed by atoms with Gasteiger partial charge in [0.05, 0.1) is 11.1 Å². The Kier molecular flexibility index (Phi) is 7.50. The second-order valence-corrected chi connectivity index (χ2v) is 16.0. The van der Waals surface area contributed by atoms with Crippen LogP contribution in [-0.4, -0.2) is 0 Å². The van der Waals surface area contributed by atoms with E-state index in [-0.39, 0.29) is 5.41 Å². The van der Waals surface area contributed by atoms with Crippen LogP contribution >= 0.6 is 0 Å². The fourth-order valence-electron chi connectivity index (χ4n) is 10.2. The maximum Gasteiger partial charge on any atom is 0.0713 e. The van der Waals surface area contributed by atoms with Gasteiger partial charge in [0.1, 0.15) is 0 Å². The minimum atomic E-state index is -0.459. The molecule has 2 aliphatic carbocycles. The predicted molar refractivity (Wildman–Crippen MR) is 239 cm³/mol. The molecule has 9 aromatic rings. The first-order valence-corrected chi connectivity index (χ1v) is 20.0. The average Bonchev–Trinajstić information content (AvgIpc) is 3.70. The Balaban J connectivity index is 1.21. The van der Waals surface area contributed by atoms with Gasteiger partial charge in [-0.05, 0) is 102 Å². The highest BCUT2D eigenvalue weighted by Gasteiger charge is 2.46. The fourth-order valence-corrected chi connectivity index (χ4v) is 10.2. The molecule has 1 heteroatoms. The van der Waals surface area contributed by atoms with Crippen LogP contribution in [0.15, 0.2) is 212 Å². The normalized spacial score (nSPS) is 14.1. The molecule has 0 aromatic heterocycles. The quantitative estimate of drug-likeness (QED) is 0.165. The standard InChI is InChI=1S/C56H41N/c1-55(2)49-28-16-14-26-45(49)47-33-31-43(37-52(47)55)57(53-35-30-38-18-12-13-25-44(38)54(53)39-19-6-3-7-20-39)42-32-34-51-48(36-42)46-27-15-17-29-50(46)56(51,40-21-8-4-9-22-40)41-23-10-5-11-24-41/h3-37H,1-2H3. The Morgan fingerprint density at radius 1 is 0.368 bits per heavy atom. The highest BCUT2D eigenvalue weighted by molar-refractivity contribution is 6.06. The van der Waals surface area contributed by atoms with Crippen molar-refractivity contribution in [2.45, 2.75) is 24.7 Å². The second kappa shape index (κ2) is 12.8. The number of benzene rings is 9. The molecule has 0 saturated heterocycles. The number of hydrogen-bond donors (Lipinski definition) is 0. The summed E-state index contributed by atoms with van der Waals surface area (Å²) in [5.74, 6) is 0. The van der Waals surface area contributed by atoms with Crippen LogP contribution in [0.5, 0.6) is 0 Å². The molecule has 1 nitrogen and oxygen atoms in total. The van der Waals surface area contributed by atoms with E-state index < -0.39 is 5.41 Å². The van der Waals surface area contributed by atoms with Crippen molar-refractivity contribution < 1.29 is 0 Å². The Morgan fingerprint density at radius 2 is 0.895 bits per heavy atom. The first-order chi connectivity index (χ1) is 28.0. The monoisotopic (exact) mass is 727 g/mol. The molecular formula is C56H41N. The summed E-state index contributed by atoms with van der Waals surface area (Å²) in [4.78, 5) is 2.52. The topological polar surface area (TPSA) is 3.24 Å². The minimum absolute atomic E-state index is 0.138.